The number of amides is 1. The van der Waals surface area contributed by atoms with E-state index in [1.165, 1.54) is 5.56 Å². The first kappa shape index (κ1) is 18.1. The van der Waals surface area contributed by atoms with Gasteiger partial charge in [0.15, 0.2) is 0 Å². The minimum Gasteiger partial charge on any atom is -0.314 e. The summed E-state index contributed by atoms with van der Waals surface area (Å²) in [7, 11) is 0. The van der Waals surface area contributed by atoms with Gasteiger partial charge in [-0.3, -0.25) is 19.7 Å². The van der Waals surface area contributed by atoms with Crippen molar-refractivity contribution in [1.82, 2.24) is 25.2 Å². The Morgan fingerprint density at radius 2 is 1.86 bits per heavy atom. The normalized spacial score (nSPS) is 17.4. The molecule has 7 heteroatoms. The number of hydrogen-bond acceptors (Lipinski definition) is 6. The summed E-state index contributed by atoms with van der Waals surface area (Å²) in [5.41, 5.74) is 4.07. The van der Waals surface area contributed by atoms with Gasteiger partial charge in [0.05, 0.1) is 11.7 Å². The van der Waals surface area contributed by atoms with E-state index in [0.29, 0.717) is 5.82 Å². The zero-order valence-corrected chi connectivity index (χ0v) is 16.3. The highest BCUT2D eigenvalue weighted by atomic mass is 16.2. The van der Waals surface area contributed by atoms with E-state index in [4.69, 9.17) is 0 Å². The molecule has 0 radical (unpaired) electrons. The molecule has 0 bridgehead atoms. The predicted octanol–water partition coefficient (Wildman–Crippen LogP) is 2.45. The second-order valence-electron chi connectivity index (χ2n) is 7.86. The maximum Gasteiger partial charge on any atom is 0.228 e. The first-order valence-corrected chi connectivity index (χ1v) is 10.2. The minimum atomic E-state index is 0.0609. The van der Waals surface area contributed by atoms with Crippen molar-refractivity contribution in [3.63, 3.8) is 0 Å². The van der Waals surface area contributed by atoms with E-state index < -0.39 is 0 Å². The van der Waals surface area contributed by atoms with Crippen LogP contribution in [-0.2, 0) is 11.3 Å². The minimum absolute atomic E-state index is 0.0609. The highest BCUT2D eigenvalue weighted by Gasteiger charge is 2.29. The van der Waals surface area contributed by atoms with Gasteiger partial charge in [-0.2, -0.15) is 0 Å². The monoisotopic (exact) mass is 388 g/mol. The molecule has 148 valence electrons. The van der Waals surface area contributed by atoms with Crippen LogP contribution in [0.4, 0.5) is 5.82 Å². The summed E-state index contributed by atoms with van der Waals surface area (Å²) in [5, 5.41) is 7.25. The van der Waals surface area contributed by atoms with Crippen LogP contribution < -0.4 is 10.6 Å². The van der Waals surface area contributed by atoms with Crippen LogP contribution in [0.5, 0.6) is 0 Å². The van der Waals surface area contributed by atoms with Gasteiger partial charge in [0.1, 0.15) is 5.82 Å². The molecule has 29 heavy (non-hydrogen) atoms. The first-order valence-electron chi connectivity index (χ1n) is 10.2. The van der Waals surface area contributed by atoms with Crippen LogP contribution in [0.2, 0.25) is 0 Å². The molecule has 1 saturated heterocycles. The van der Waals surface area contributed by atoms with Gasteiger partial charge in [-0.25, -0.2) is 4.98 Å². The molecule has 3 aromatic heterocycles. The number of piperazine rings is 1. The van der Waals surface area contributed by atoms with Crippen molar-refractivity contribution < 1.29 is 4.79 Å². The Balaban J connectivity index is 1.38. The number of aromatic nitrogens is 3. The van der Waals surface area contributed by atoms with Crippen molar-refractivity contribution in [2.45, 2.75) is 19.4 Å². The molecule has 5 rings (SSSR count). The molecular formula is C22H24N6O. The van der Waals surface area contributed by atoms with Crippen LogP contribution in [-0.4, -0.2) is 51.9 Å². The summed E-state index contributed by atoms with van der Waals surface area (Å²) < 4.78 is 0. The van der Waals surface area contributed by atoms with Gasteiger partial charge in [0.25, 0.3) is 0 Å². The Kier molecular flexibility index (Phi) is 4.91. The number of carbonyl (C=O) groups is 1. The zero-order valence-electron chi connectivity index (χ0n) is 16.3. The number of hydrogen-bond donors (Lipinski definition) is 2. The number of fused-ring (bicyclic) bond motifs is 1. The van der Waals surface area contributed by atoms with E-state index in [2.05, 4.69) is 42.6 Å². The summed E-state index contributed by atoms with van der Waals surface area (Å²) in [6, 6.07) is 6.17. The lowest BCUT2D eigenvalue weighted by Gasteiger charge is -2.27. The van der Waals surface area contributed by atoms with Crippen molar-refractivity contribution in [2.24, 2.45) is 5.92 Å². The third-order valence-corrected chi connectivity index (χ3v) is 5.51. The Hall–Kier alpha value is -2.90. The van der Waals surface area contributed by atoms with Gasteiger partial charge in [-0.1, -0.05) is 0 Å². The molecule has 0 atom stereocenters. The Labute approximate surface area is 169 Å². The lowest BCUT2D eigenvalue weighted by Crippen LogP contribution is -2.42. The molecular weight excluding hydrogens is 364 g/mol. The van der Waals surface area contributed by atoms with Crippen molar-refractivity contribution in [1.29, 1.82) is 0 Å². The molecule has 2 fully saturated rings. The lowest BCUT2D eigenvalue weighted by molar-refractivity contribution is -0.117. The summed E-state index contributed by atoms with van der Waals surface area (Å²) in [6.07, 6.45) is 9.33. The number of carbonyl (C=O) groups excluding carboxylic acids is 1. The average molecular weight is 388 g/mol. The fourth-order valence-electron chi connectivity index (χ4n) is 3.69. The number of nitrogens with one attached hydrogen (secondary N) is 2. The van der Waals surface area contributed by atoms with Gasteiger partial charge in [-0.15, -0.1) is 0 Å². The smallest absolute Gasteiger partial charge is 0.228 e. The molecule has 0 aromatic carbocycles. The highest BCUT2D eigenvalue weighted by molar-refractivity contribution is 5.95. The van der Waals surface area contributed by atoms with Gasteiger partial charge in [-0.05, 0) is 36.6 Å². The number of nitrogens with zero attached hydrogens (tertiary/aromatic N) is 4. The molecule has 2 aliphatic rings. The Bertz CT molecular complexity index is 1040. The number of anilines is 1. The fraction of sp³-hybridized carbons (Fsp3) is 0.364. The van der Waals surface area contributed by atoms with Crippen molar-refractivity contribution in [2.75, 3.05) is 31.5 Å². The molecule has 1 aliphatic carbocycles. The second-order valence-corrected chi connectivity index (χ2v) is 7.86. The SMILES string of the molecule is O=C(Nc1cc2cc(-c3cncc(CN4CCNCC4)c3)cnc2cn1)C1CC1. The van der Waals surface area contributed by atoms with Gasteiger partial charge >= 0.3 is 0 Å². The van der Waals surface area contributed by atoms with E-state index in [0.717, 1.165) is 67.6 Å². The topological polar surface area (TPSA) is 83.0 Å². The van der Waals surface area contributed by atoms with Gasteiger partial charge in [0, 0.05) is 73.7 Å². The van der Waals surface area contributed by atoms with Crippen LogP contribution in [0, 0.1) is 5.92 Å². The van der Waals surface area contributed by atoms with Crippen molar-refractivity contribution >= 4 is 22.6 Å². The lowest BCUT2D eigenvalue weighted by atomic mass is 10.1. The van der Waals surface area contributed by atoms with Crippen LogP contribution in [0.3, 0.4) is 0 Å². The second kappa shape index (κ2) is 7.85. The summed E-state index contributed by atoms with van der Waals surface area (Å²) in [4.78, 5) is 27.8. The fourth-order valence-corrected chi connectivity index (χ4v) is 3.69. The average Bonchev–Trinajstić information content (AvgIpc) is 3.60. The molecule has 3 aromatic rings. The highest BCUT2D eigenvalue weighted by Crippen LogP contribution is 2.30. The van der Waals surface area contributed by atoms with E-state index in [1.54, 1.807) is 6.20 Å². The van der Waals surface area contributed by atoms with E-state index in [1.807, 2.05) is 24.7 Å². The molecule has 2 N–H and O–H groups in total. The summed E-state index contributed by atoms with van der Waals surface area (Å²) >= 11 is 0. The standard InChI is InChI=1S/C22H24N6O/c29-22(16-1-2-16)27-21-9-17-8-19(12-25-20(17)13-26-21)18-7-15(10-24-11-18)14-28-5-3-23-4-6-28/h7-13,16,23H,1-6,14H2,(H,26,27,29). The van der Waals surface area contributed by atoms with Crippen LogP contribution >= 0.6 is 0 Å². The van der Waals surface area contributed by atoms with Crippen molar-refractivity contribution in [3.05, 3.63) is 48.5 Å². The van der Waals surface area contributed by atoms with E-state index in [-0.39, 0.29) is 11.8 Å². The largest absolute Gasteiger partial charge is 0.314 e. The maximum absolute atomic E-state index is 12.0. The Morgan fingerprint density at radius 1 is 1.03 bits per heavy atom. The molecule has 1 amide bonds. The first-order chi connectivity index (χ1) is 14.2. The van der Waals surface area contributed by atoms with E-state index in [9.17, 15) is 4.79 Å². The third-order valence-electron chi connectivity index (χ3n) is 5.51. The third kappa shape index (κ3) is 4.26. The molecule has 7 nitrogen and oxygen atoms in total. The molecule has 1 saturated carbocycles. The van der Waals surface area contributed by atoms with E-state index >= 15 is 0 Å². The molecule has 1 aliphatic heterocycles. The number of pyridine rings is 3. The number of rotatable bonds is 5. The molecule has 0 spiro atoms. The van der Waals surface area contributed by atoms with Crippen LogP contribution in [0.25, 0.3) is 22.0 Å². The summed E-state index contributed by atoms with van der Waals surface area (Å²) in [6.45, 7) is 5.10. The predicted molar refractivity (Wildman–Crippen MR) is 112 cm³/mol. The maximum atomic E-state index is 12.0. The zero-order chi connectivity index (χ0) is 19.6. The Morgan fingerprint density at radius 3 is 2.69 bits per heavy atom. The van der Waals surface area contributed by atoms with Gasteiger partial charge < -0.3 is 10.6 Å². The van der Waals surface area contributed by atoms with Gasteiger partial charge in [0.2, 0.25) is 5.91 Å². The van der Waals surface area contributed by atoms with Crippen LogP contribution in [0.15, 0.2) is 43.0 Å². The quantitative estimate of drug-likeness (QED) is 0.699. The summed E-state index contributed by atoms with van der Waals surface area (Å²) in [5.74, 6) is 0.797. The molecule has 4 heterocycles. The molecule has 0 unspecified atom stereocenters. The van der Waals surface area contributed by atoms with Crippen LogP contribution in [0.1, 0.15) is 18.4 Å². The van der Waals surface area contributed by atoms with Crippen molar-refractivity contribution in [3.8, 4) is 11.1 Å².